The van der Waals surface area contributed by atoms with Crippen LogP contribution in [0.4, 0.5) is 0 Å². The monoisotopic (exact) mass is 207 g/mol. The molecule has 0 radical (unpaired) electrons. The first-order chi connectivity index (χ1) is 7.33. The van der Waals surface area contributed by atoms with Crippen molar-refractivity contribution in [2.45, 2.75) is 12.5 Å². The Hall–Kier alpha value is -1.29. The first-order valence-corrected chi connectivity index (χ1v) is 5.30. The number of ether oxygens (including phenoxy) is 1. The molecule has 2 aliphatic rings. The van der Waals surface area contributed by atoms with Crippen LogP contribution < -0.4 is 0 Å². The predicted octanol–water partition coefficient (Wildman–Crippen LogP) is 1.14. The highest BCUT2D eigenvalue weighted by atomic mass is 16.6. The second-order valence-corrected chi connectivity index (χ2v) is 4.23. The first kappa shape index (κ1) is 8.97. The van der Waals surface area contributed by atoms with Crippen LogP contribution >= 0.6 is 0 Å². The molecule has 3 unspecified atom stereocenters. The zero-order valence-electron chi connectivity index (χ0n) is 8.39. The summed E-state index contributed by atoms with van der Waals surface area (Å²) in [4.78, 5) is 13.9. The number of carbonyl (C=O) groups is 1. The fourth-order valence-electron chi connectivity index (χ4n) is 2.46. The van der Waals surface area contributed by atoms with Crippen molar-refractivity contribution in [2.75, 3.05) is 19.6 Å². The number of hydrogen-bond donors (Lipinski definition) is 0. The topological polar surface area (TPSA) is 42.7 Å². The Balaban J connectivity index is 1.64. The molecule has 2 fully saturated rings. The maximum Gasteiger partial charge on any atom is 0.374 e. The largest absolute Gasteiger partial charge is 0.457 e. The van der Waals surface area contributed by atoms with Gasteiger partial charge in [0.2, 0.25) is 5.76 Å². The molecule has 3 atom stereocenters. The highest BCUT2D eigenvalue weighted by Gasteiger charge is 2.40. The summed E-state index contributed by atoms with van der Waals surface area (Å²) >= 11 is 0. The molecule has 1 aromatic heterocycles. The van der Waals surface area contributed by atoms with Crippen molar-refractivity contribution in [1.82, 2.24) is 4.90 Å². The van der Waals surface area contributed by atoms with Gasteiger partial charge in [0.05, 0.1) is 6.26 Å². The van der Waals surface area contributed by atoms with Crippen molar-refractivity contribution in [3.05, 3.63) is 24.2 Å². The van der Waals surface area contributed by atoms with E-state index in [1.807, 2.05) is 0 Å². The lowest BCUT2D eigenvalue weighted by Crippen LogP contribution is -2.31. The SMILES string of the molecule is O=C(OC1CN2CCC1C2)c1ccco1. The summed E-state index contributed by atoms with van der Waals surface area (Å²) in [7, 11) is 0. The van der Waals surface area contributed by atoms with Crippen LogP contribution in [0.3, 0.4) is 0 Å². The molecule has 0 aliphatic carbocycles. The van der Waals surface area contributed by atoms with Crippen molar-refractivity contribution >= 4 is 5.97 Å². The van der Waals surface area contributed by atoms with E-state index in [2.05, 4.69) is 4.90 Å². The normalized spacial score (nSPS) is 33.2. The minimum Gasteiger partial charge on any atom is -0.457 e. The third kappa shape index (κ3) is 1.55. The lowest BCUT2D eigenvalue weighted by atomic mass is 10.0. The highest BCUT2D eigenvalue weighted by molar-refractivity contribution is 5.86. The van der Waals surface area contributed by atoms with Gasteiger partial charge in [-0.1, -0.05) is 0 Å². The van der Waals surface area contributed by atoms with E-state index in [1.54, 1.807) is 12.1 Å². The summed E-state index contributed by atoms with van der Waals surface area (Å²) in [5, 5.41) is 0. The quantitative estimate of drug-likeness (QED) is 0.682. The number of hydrogen-bond acceptors (Lipinski definition) is 4. The van der Waals surface area contributed by atoms with E-state index in [1.165, 1.54) is 6.26 Å². The van der Waals surface area contributed by atoms with Crippen molar-refractivity contribution in [2.24, 2.45) is 5.92 Å². The number of furan rings is 1. The number of nitrogens with zero attached hydrogens (tertiary/aromatic N) is 1. The van der Waals surface area contributed by atoms with Gasteiger partial charge in [-0.05, 0) is 25.1 Å². The highest BCUT2D eigenvalue weighted by Crippen LogP contribution is 2.30. The Morgan fingerprint density at radius 2 is 2.47 bits per heavy atom. The maximum atomic E-state index is 11.6. The van der Waals surface area contributed by atoms with Crippen LogP contribution in [0.15, 0.2) is 22.8 Å². The van der Waals surface area contributed by atoms with Crippen molar-refractivity contribution in [1.29, 1.82) is 0 Å². The molecule has 4 heteroatoms. The van der Waals surface area contributed by atoms with Crippen LogP contribution in [0, 0.1) is 5.92 Å². The van der Waals surface area contributed by atoms with E-state index in [0.717, 1.165) is 26.1 Å². The van der Waals surface area contributed by atoms with E-state index in [-0.39, 0.29) is 12.1 Å². The molecular formula is C11H13NO3. The Kier molecular flexibility index (Phi) is 2.02. The zero-order valence-corrected chi connectivity index (χ0v) is 8.39. The van der Waals surface area contributed by atoms with E-state index in [4.69, 9.17) is 9.15 Å². The molecule has 0 N–H and O–H groups in total. The standard InChI is InChI=1S/C11H13NO3/c13-11(9-2-1-5-14-9)15-10-7-12-4-3-8(10)6-12/h1-2,5,8,10H,3-4,6-7H2. The molecule has 2 saturated heterocycles. The summed E-state index contributed by atoms with van der Waals surface area (Å²) < 4.78 is 10.4. The number of fused-ring (bicyclic) bond motifs is 2. The summed E-state index contributed by atoms with van der Waals surface area (Å²) in [6, 6.07) is 3.33. The number of esters is 1. The third-order valence-electron chi connectivity index (χ3n) is 3.25. The Labute approximate surface area is 87.8 Å². The predicted molar refractivity (Wildman–Crippen MR) is 52.5 cm³/mol. The number of piperidine rings is 1. The van der Waals surface area contributed by atoms with Gasteiger partial charge in [0.25, 0.3) is 0 Å². The van der Waals surface area contributed by atoms with Gasteiger partial charge in [0.1, 0.15) is 6.10 Å². The summed E-state index contributed by atoms with van der Waals surface area (Å²) in [6.45, 7) is 3.12. The molecule has 2 aliphatic heterocycles. The zero-order chi connectivity index (χ0) is 10.3. The second kappa shape index (κ2) is 3.38. The molecule has 0 amide bonds. The minimum absolute atomic E-state index is 0.0661. The Morgan fingerprint density at radius 3 is 3.07 bits per heavy atom. The lowest BCUT2D eigenvalue weighted by Gasteiger charge is -2.21. The molecular weight excluding hydrogens is 194 g/mol. The molecule has 2 bridgehead atoms. The molecule has 80 valence electrons. The number of carbonyl (C=O) groups excluding carboxylic acids is 1. The average Bonchev–Trinajstić information content (AvgIpc) is 2.95. The van der Waals surface area contributed by atoms with Crippen LogP contribution in [0.2, 0.25) is 0 Å². The van der Waals surface area contributed by atoms with Crippen LogP contribution in [0.25, 0.3) is 0 Å². The lowest BCUT2D eigenvalue weighted by molar-refractivity contribution is 0.0148. The van der Waals surface area contributed by atoms with Gasteiger partial charge in [-0.3, -0.25) is 4.90 Å². The van der Waals surface area contributed by atoms with Crippen LogP contribution in [-0.2, 0) is 4.74 Å². The molecule has 0 spiro atoms. The summed E-state index contributed by atoms with van der Waals surface area (Å²) in [6.07, 6.45) is 2.70. The van der Waals surface area contributed by atoms with Crippen molar-refractivity contribution < 1.29 is 13.9 Å². The van der Waals surface area contributed by atoms with Crippen molar-refractivity contribution in [3.8, 4) is 0 Å². The molecule has 4 nitrogen and oxygen atoms in total. The molecule has 0 saturated carbocycles. The smallest absolute Gasteiger partial charge is 0.374 e. The molecule has 0 aromatic carbocycles. The fourth-order valence-corrected chi connectivity index (χ4v) is 2.46. The van der Waals surface area contributed by atoms with E-state index >= 15 is 0 Å². The van der Waals surface area contributed by atoms with E-state index in [0.29, 0.717) is 11.7 Å². The van der Waals surface area contributed by atoms with Gasteiger partial charge in [-0.2, -0.15) is 0 Å². The van der Waals surface area contributed by atoms with E-state index in [9.17, 15) is 4.79 Å². The fraction of sp³-hybridized carbons (Fsp3) is 0.545. The van der Waals surface area contributed by atoms with Crippen LogP contribution in [-0.4, -0.2) is 36.6 Å². The Bertz CT molecular complexity index is 360. The minimum atomic E-state index is -0.334. The van der Waals surface area contributed by atoms with Gasteiger partial charge in [-0.15, -0.1) is 0 Å². The molecule has 15 heavy (non-hydrogen) atoms. The van der Waals surface area contributed by atoms with Gasteiger partial charge < -0.3 is 9.15 Å². The van der Waals surface area contributed by atoms with Crippen LogP contribution in [0.1, 0.15) is 17.0 Å². The molecule has 3 rings (SSSR count). The third-order valence-corrected chi connectivity index (χ3v) is 3.25. The van der Waals surface area contributed by atoms with Gasteiger partial charge in [0, 0.05) is 19.0 Å². The van der Waals surface area contributed by atoms with Gasteiger partial charge in [0.15, 0.2) is 0 Å². The van der Waals surface area contributed by atoms with Crippen LogP contribution in [0.5, 0.6) is 0 Å². The summed E-state index contributed by atoms with van der Waals surface area (Å²) in [5.74, 6) is 0.496. The molecule has 3 heterocycles. The second-order valence-electron chi connectivity index (χ2n) is 4.23. The molecule has 1 aromatic rings. The van der Waals surface area contributed by atoms with Gasteiger partial charge >= 0.3 is 5.97 Å². The first-order valence-electron chi connectivity index (χ1n) is 5.30. The number of rotatable bonds is 2. The van der Waals surface area contributed by atoms with Gasteiger partial charge in [-0.25, -0.2) is 4.79 Å². The van der Waals surface area contributed by atoms with E-state index < -0.39 is 0 Å². The Morgan fingerprint density at radius 1 is 1.53 bits per heavy atom. The summed E-state index contributed by atoms with van der Waals surface area (Å²) in [5.41, 5.74) is 0. The maximum absolute atomic E-state index is 11.6. The van der Waals surface area contributed by atoms with Crippen molar-refractivity contribution in [3.63, 3.8) is 0 Å². The average molecular weight is 207 g/mol.